The zero-order valence-corrected chi connectivity index (χ0v) is 22.3. The summed E-state index contributed by atoms with van der Waals surface area (Å²) in [6, 6.07) is 0. The summed E-state index contributed by atoms with van der Waals surface area (Å²) in [6.07, 6.45) is 14.8. The molecule has 4 saturated carbocycles. The molecule has 1 saturated heterocycles. The van der Waals surface area contributed by atoms with Crippen LogP contribution in [0.3, 0.4) is 0 Å². The van der Waals surface area contributed by atoms with Gasteiger partial charge in [0.25, 0.3) is 0 Å². The maximum absolute atomic E-state index is 12.5. The van der Waals surface area contributed by atoms with Crippen molar-refractivity contribution in [3.8, 4) is 0 Å². The molecule has 2 N–H and O–H groups in total. The monoisotopic (exact) mass is 472 g/mol. The van der Waals surface area contributed by atoms with Crippen LogP contribution in [-0.2, 0) is 9.53 Å². The van der Waals surface area contributed by atoms with Crippen molar-refractivity contribution in [3.63, 3.8) is 0 Å². The number of aliphatic hydroxyl groups excluding tert-OH is 2. The van der Waals surface area contributed by atoms with Crippen LogP contribution in [0.1, 0.15) is 105 Å². The molecule has 5 aliphatic rings. The number of hydrogen-bond acceptors (Lipinski definition) is 4. The van der Waals surface area contributed by atoms with Crippen LogP contribution in [-0.4, -0.2) is 35.0 Å². The molecule has 0 radical (unpaired) electrons. The Balaban J connectivity index is 1.40. The Labute approximate surface area is 206 Å². The highest BCUT2D eigenvalue weighted by molar-refractivity contribution is 5.70. The molecule has 1 aliphatic heterocycles. The van der Waals surface area contributed by atoms with Gasteiger partial charge in [0.2, 0.25) is 0 Å². The lowest BCUT2D eigenvalue weighted by Crippen LogP contribution is -2.56. The second kappa shape index (κ2) is 8.07. The lowest BCUT2D eigenvalue weighted by Gasteiger charge is -2.61. The topological polar surface area (TPSA) is 66.8 Å². The largest absolute Gasteiger partial charge is 0.457 e. The number of rotatable bonds is 6. The van der Waals surface area contributed by atoms with Crippen molar-refractivity contribution < 1.29 is 19.7 Å². The number of ether oxygens (including phenoxy) is 1. The molecule has 2 spiro atoms. The fraction of sp³-hybridized carbons (Fsp3) is 0.900. The summed E-state index contributed by atoms with van der Waals surface area (Å²) in [4.78, 5) is 12.5. The molecule has 0 aromatic carbocycles. The van der Waals surface area contributed by atoms with Crippen molar-refractivity contribution in [2.45, 2.75) is 111 Å². The molecule has 9 atom stereocenters. The molecule has 34 heavy (non-hydrogen) atoms. The van der Waals surface area contributed by atoms with Crippen LogP contribution in [0.2, 0.25) is 0 Å². The SMILES string of the molecule is CC(=CCCC(C)C1CCC2(C)C3CCC4C(C)(CO)OC(=O)CCC45CC35CCC12C)CO. The lowest BCUT2D eigenvalue weighted by molar-refractivity contribution is -0.179. The average molecular weight is 473 g/mol. The Morgan fingerprint density at radius 2 is 1.74 bits per heavy atom. The van der Waals surface area contributed by atoms with E-state index in [9.17, 15) is 15.0 Å². The van der Waals surface area contributed by atoms with Gasteiger partial charge < -0.3 is 14.9 Å². The van der Waals surface area contributed by atoms with Gasteiger partial charge in [-0.2, -0.15) is 0 Å². The molecule has 0 aromatic heterocycles. The minimum absolute atomic E-state index is 0.0509. The highest BCUT2D eigenvalue weighted by Crippen LogP contribution is 2.88. The summed E-state index contributed by atoms with van der Waals surface area (Å²) >= 11 is 0. The van der Waals surface area contributed by atoms with Gasteiger partial charge in [-0.3, -0.25) is 4.79 Å². The molecule has 5 rings (SSSR count). The van der Waals surface area contributed by atoms with E-state index in [1.54, 1.807) is 0 Å². The average Bonchev–Trinajstić information content (AvgIpc) is 3.42. The summed E-state index contributed by atoms with van der Waals surface area (Å²) < 4.78 is 5.92. The van der Waals surface area contributed by atoms with Crippen LogP contribution >= 0.6 is 0 Å². The molecule has 0 amide bonds. The first-order chi connectivity index (χ1) is 16.0. The Morgan fingerprint density at radius 3 is 2.44 bits per heavy atom. The van der Waals surface area contributed by atoms with E-state index < -0.39 is 5.60 Å². The van der Waals surface area contributed by atoms with Gasteiger partial charge in [-0.05, 0) is 117 Å². The predicted octanol–water partition coefficient (Wildman–Crippen LogP) is 6.05. The van der Waals surface area contributed by atoms with Gasteiger partial charge in [0, 0.05) is 12.3 Å². The summed E-state index contributed by atoms with van der Waals surface area (Å²) in [7, 11) is 0. The second-order valence-electron chi connectivity index (χ2n) is 13.9. The zero-order valence-electron chi connectivity index (χ0n) is 22.3. The van der Waals surface area contributed by atoms with E-state index in [0.717, 1.165) is 36.7 Å². The molecule has 4 nitrogen and oxygen atoms in total. The van der Waals surface area contributed by atoms with Crippen molar-refractivity contribution in [2.75, 3.05) is 13.2 Å². The maximum Gasteiger partial charge on any atom is 0.306 e. The molecule has 192 valence electrons. The molecule has 9 unspecified atom stereocenters. The van der Waals surface area contributed by atoms with Gasteiger partial charge >= 0.3 is 5.97 Å². The number of fused-ring (bicyclic) bond motifs is 2. The Hall–Kier alpha value is -0.870. The Bertz CT molecular complexity index is 866. The Morgan fingerprint density at radius 1 is 1.03 bits per heavy atom. The third kappa shape index (κ3) is 3.12. The number of hydrogen-bond donors (Lipinski definition) is 2. The number of carbonyl (C=O) groups is 1. The van der Waals surface area contributed by atoms with E-state index in [2.05, 4.69) is 26.8 Å². The number of carbonyl (C=O) groups excluding carboxylic acids is 1. The van der Waals surface area contributed by atoms with Crippen LogP contribution in [0.25, 0.3) is 0 Å². The van der Waals surface area contributed by atoms with Gasteiger partial charge in [-0.25, -0.2) is 0 Å². The molecular formula is C30H48O4. The summed E-state index contributed by atoms with van der Waals surface area (Å²) in [6.45, 7) is 11.9. The number of allylic oxidation sites excluding steroid dienone is 1. The minimum atomic E-state index is -0.712. The minimum Gasteiger partial charge on any atom is -0.457 e. The molecule has 4 aliphatic carbocycles. The summed E-state index contributed by atoms with van der Waals surface area (Å²) in [5, 5.41) is 19.7. The first kappa shape index (κ1) is 24.8. The van der Waals surface area contributed by atoms with E-state index in [1.807, 2.05) is 13.8 Å². The molecule has 1 heterocycles. The van der Waals surface area contributed by atoms with Gasteiger partial charge in [0.15, 0.2) is 0 Å². The zero-order chi connectivity index (χ0) is 24.6. The highest BCUT2D eigenvalue weighted by Gasteiger charge is 2.82. The molecule has 0 bridgehead atoms. The summed E-state index contributed by atoms with van der Waals surface area (Å²) in [5.41, 5.74) is 1.67. The second-order valence-corrected chi connectivity index (χ2v) is 13.9. The normalized spacial score (nSPS) is 50.9. The van der Waals surface area contributed by atoms with Gasteiger partial charge in [-0.1, -0.05) is 32.4 Å². The van der Waals surface area contributed by atoms with Crippen molar-refractivity contribution in [1.82, 2.24) is 0 Å². The fourth-order valence-electron chi connectivity index (χ4n) is 10.8. The van der Waals surface area contributed by atoms with Crippen LogP contribution < -0.4 is 0 Å². The smallest absolute Gasteiger partial charge is 0.306 e. The van der Waals surface area contributed by atoms with E-state index >= 15 is 0 Å². The molecule has 5 fully saturated rings. The van der Waals surface area contributed by atoms with Crippen LogP contribution in [0, 0.1) is 45.3 Å². The molecular weight excluding hydrogens is 424 g/mol. The summed E-state index contributed by atoms with van der Waals surface area (Å²) in [5.74, 6) is 2.41. The van der Waals surface area contributed by atoms with Crippen molar-refractivity contribution in [3.05, 3.63) is 11.6 Å². The first-order valence-electron chi connectivity index (χ1n) is 14.1. The first-order valence-corrected chi connectivity index (χ1v) is 14.1. The Kier molecular flexibility index (Phi) is 5.89. The van der Waals surface area contributed by atoms with Crippen molar-refractivity contribution >= 4 is 5.97 Å². The van der Waals surface area contributed by atoms with Gasteiger partial charge in [0.05, 0.1) is 13.2 Å². The van der Waals surface area contributed by atoms with E-state index in [1.165, 1.54) is 44.9 Å². The quantitative estimate of drug-likeness (QED) is 0.365. The van der Waals surface area contributed by atoms with E-state index in [0.29, 0.717) is 34.5 Å². The number of aliphatic hydroxyl groups is 2. The number of cyclic esters (lactones) is 1. The molecule has 0 aromatic rings. The number of esters is 1. The molecule has 4 heteroatoms. The van der Waals surface area contributed by atoms with Crippen molar-refractivity contribution in [2.24, 2.45) is 45.3 Å². The van der Waals surface area contributed by atoms with E-state index in [-0.39, 0.29) is 24.6 Å². The van der Waals surface area contributed by atoms with Crippen molar-refractivity contribution in [1.29, 1.82) is 0 Å². The van der Waals surface area contributed by atoms with E-state index in [4.69, 9.17) is 4.74 Å². The third-order valence-corrected chi connectivity index (χ3v) is 12.8. The van der Waals surface area contributed by atoms with Gasteiger partial charge in [0.1, 0.15) is 5.60 Å². The third-order valence-electron chi connectivity index (χ3n) is 12.8. The predicted molar refractivity (Wildman–Crippen MR) is 134 cm³/mol. The standard InChI is InChI=1S/C30H48O4/c1-20(17-31)7-6-8-21(2)22-11-13-27(4)23-9-10-24-28(5,19-32)34-25(33)12-14-29(24)18-30(23,29)16-15-26(22,27)3/h7,21-24,31-32H,6,8-19H2,1-5H3. The highest BCUT2D eigenvalue weighted by atomic mass is 16.6. The maximum atomic E-state index is 12.5. The lowest BCUT2D eigenvalue weighted by atomic mass is 9.43. The van der Waals surface area contributed by atoms with Crippen LogP contribution in [0.15, 0.2) is 11.6 Å². The fourth-order valence-corrected chi connectivity index (χ4v) is 10.8. The van der Waals surface area contributed by atoms with Crippen LogP contribution in [0.4, 0.5) is 0 Å². The van der Waals surface area contributed by atoms with Gasteiger partial charge in [-0.15, -0.1) is 0 Å². The van der Waals surface area contributed by atoms with Crippen LogP contribution in [0.5, 0.6) is 0 Å².